The van der Waals surface area contributed by atoms with Gasteiger partial charge >= 0.3 is 0 Å². The minimum atomic E-state index is -0.0162. The van der Waals surface area contributed by atoms with Gasteiger partial charge in [0.2, 0.25) is 5.91 Å². The van der Waals surface area contributed by atoms with E-state index < -0.39 is 0 Å². The molecule has 5 rings (SSSR count). The Morgan fingerprint density at radius 3 is 2.62 bits per heavy atom. The maximum atomic E-state index is 12.8. The molecule has 0 aromatic carbocycles. The van der Waals surface area contributed by atoms with Crippen molar-refractivity contribution in [1.82, 2.24) is 24.6 Å². The number of amides is 1. The summed E-state index contributed by atoms with van der Waals surface area (Å²) in [5.41, 5.74) is 4.12. The van der Waals surface area contributed by atoms with Crippen LogP contribution in [-0.2, 0) is 18.4 Å². The van der Waals surface area contributed by atoms with Gasteiger partial charge in [-0.05, 0) is 69.7 Å². The van der Waals surface area contributed by atoms with Crippen LogP contribution in [0.1, 0.15) is 50.6 Å². The first-order valence-corrected chi connectivity index (χ1v) is 12.5. The van der Waals surface area contributed by atoms with Crippen molar-refractivity contribution in [3.05, 3.63) is 36.4 Å². The predicted molar refractivity (Wildman–Crippen MR) is 132 cm³/mol. The van der Waals surface area contributed by atoms with Crippen molar-refractivity contribution in [2.75, 3.05) is 25.0 Å². The fourth-order valence-corrected chi connectivity index (χ4v) is 5.30. The quantitative estimate of drug-likeness (QED) is 0.579. The van der Waals surface area contributed by atoms with Crippen LogP contribution in [0.4, 0.5) is 5.82 Å². The van der Waals surface area contributed by atoms with E-state index in [1.165, 1.54) is 25.0 Å². The number of hydrogen-bond donors (Lipinski definition) is 2. The molecule has 180 valence electrons. The Hall–Kier alpha value is -2.84. The SMILES string of the molecule is Cn1ncc(-c2cnc3cnc(NC(=O)[C@H]4CC[C@H](CO)CC4)cc3c2)c1CN1CCCCC1. The van der Waals surface area contributed by atoms with Gasteiger partial charge in [-0.1, -0.05) is 6.42 Å². The minimum Gasteiger partial charge on any atom is -0.396 e. The third-order valence-corrected chi connectivity index (χ3v) is 7.49. The number of carbonyl (C=O) groups excluding carboxylic acids is 1. The molecule has 0 atom stereocenters. The zero-order chi connectivity index (χ0) is 23.5. The van der Waals surface area contributed by atoms with Crippen molar-refractivity contribution in [3.63, 3.8) is 0 Å². The molecule has 1 saturated carbocycles. The molecule has 1 saturated heterocycles. The van der Waals surface area contributed by atoms with Crippen LogP contribution >= 0.6 is 0 Å². The number of piperidine rings is 1. The van der Waals surface area contributed by atoms with E-state index in [0.717, 1.165) is 67.3 Å². The number of likely N-dealkylation sites (tertiary alicyclic amines) is 1. The van der Waals surface area contributed by atoms with E-state index in [-0.39, 0.29) is 18.4 Å². The van der Waals surface area contributed by atoms with Gasteiger partial charge in [0.05, 0.1) is 23.6 Å². The summed E-state index contributed by atoms with van der Waals surface area (Å²) in [5.74, 6) is 0.890. The summed E-state index contributed by atoms with van der Waals surface area (Å²) < 4.78 is 1.97. The monoisotopic (exact) mass is 462 g/mol. The Bertz CT molecular complexity index is 1150. The van der Waals surface area contributed by atoms with Gasteiger partial charge in [-0.2, -0.15) is 5.10 Å². The summed E-state index contributed by atoms with van der Waals surface area (Å²) in [4.78, 5) is 24.3. The maximum absolute atomic E-state index is 12.8. The van der Waals surface area contributed by atoms with Crippen LogP contribution in [-0.4, -0.2) is 55.4 Å². The van der Waals surface area contributed by atoms with Crippen molar-refractivity contribution in [1.29, 1.82) is 0 Å². The number of anilines is 1. The average molecular weight is 463 g/mol. The van der Waals surface area contributed by atoms with Crippen LogP contribution in [0.5, 0.6) is 0 Å². The molecule has 3 aromatic heterocycles. The summed E-state index contributed by atoms with van der Waals surface area (Å²) in [7, 11) is 2.00. The number of aliphatic hydroxyl groups is 1. The lowest BCUT2D eigenvalue weighted by molar-refractivity contribution is -0.121. The van der Waals surface area contributed by atoms with Gasteiger partial charge in [0.25, 0.3) is 0 Å². The average Bonchev–Trinajstić information content (AvgIpc) is 3.24. The number of hydrogen-bond acceptors (Lipinski definition) is 6. The van der Waals surface area contributed by atoms with E-state index in [9.17, 15) is 9.90 Å². The van der Waals surface area contributed by atoms with E-state index in [4.69, 9.17) is 0 Å². The second-order valence-electron chi connectivity index (χ2n) is 9.84. The smallest absolute Gasteiger partial charge is 0.228 e. The second kappa shape index (κ2) is 10.2. The molecule has 8 nitrogen and oxygen atoms in total. The van der Waals surface area contributed by atoms with Crippen molar-refractivity contribution < 1.29 is 9.90 Å². The summed E-state index contributed by atoms with van der Waals surface area (Å²) in [6, 6.07) is 4.02. The Morgan fingerprint density at radius 2 is 1.85 bits per heavy atom. The normalized spacial score (nSPS) is 21.6. The number of nitrogens with zero attached hydrogens (tertiary/aromatic N) is 5. The standard InChI is InChI=1S/C26H34N6O2/c1-31-24(16-32-9-3-2-4-10-32)22(14-29-31)21-11-20-12-25(28-15-23(20)27-13-21)30-26(34)19-7-5-18(17-33)6-8-19/h11-15,18-19,33H,2-10,16-17H2,1H3,(H,28,30,34)/t18-,19-. The molecule has 34 heavy (non-hydrogen) atoms. The van der Waals surface area contributed by atoms with Crippen molar-refractivity contribution in [2.45, 2.75) is 51.5 Å². The van der Waals surface area contributed by atoms with E-state index in [2.05, 4.69) is 31.3 Å². The molecule has 0 spiro atoms. The van der Waals surface area contributed by atoms with Gasteiger partial charge in [0.15, 0.2) is 0 Å². The molecule has 4 heterocycles. The molecule has 1 aliphatic carbocycles. The predicted octanol–water partition coefficient (Wildman–Crippen LogP) is 3.75. The van der Waals surface area contributed by atoms with E-state index >= 15 is 0 Å². The summed E-state index contributed by atoms with van der Waals surface area (Å²) in [6.07, 6.45) is 12.8. The first-order chi connectivity index (χ1) is 16.6. The number of carbonyl (C=O) groups is 1. The van der Waals surface area contributed by atoms with Gasteiger partial charge < -0.3 is 10.4 Å². The van der Waals surface area contributed by atoms with Crippen molar-refractivity contribution in [3.8, 4) is 11.1 Å². The summed E-state index contributed by atoms with van der Waals surface area (Å²) in [6.45, 7) is 3.38. The number of aliphatic hydroxyl groups excluding tert-OH is 1. The second-order valence-corrected chi connectivity index (χ2v) is 9.84. The lowest BCUT2D eigenvalue weighted by Gasteiger charge is -2.26. The Morgan fingerprint density at radius 1 is 1.06 bits per heavy atom. The number of aryl methyl sites for hydroxylation is 1. The highest BCUT2D eigenvalue weighted by atomic mass is 16.3. The van der Waals surface area contributed by atoms with Gasteiger partial charge in [0, 0.05) is 48.8 Å². The van der Waals surface area contributed by atoms with Crippen LogP contribution < -0.4 is 5.32 Å². The molecule has 2 aliphatic rings. The van der Waals surface area contributed by atoms with E-state index in [1.54, 1.807) is 6.20 Å². The maximum Gasteiger partial charge on any atom is 0.228 e. The van der Waals surface area contributed by atoms with Crippen LogP contribution in [0.2, 0.25) is 0 Å². The van der Waals surface area contributed by atoms with Crippen LogP contribution in [0.25, 0.3) is 22.0 Å². The number of aromatic nitrogens is 4. The molecule has 3 aromatic rings. The Balaban J connectivity index is 1.34. The highest BCUT2D eigenvalue weighted by molar-refractivity contribution is 5.94. The first-order valence-electron chi connectivity index (χ1n) is 12.5. The minimum absolute atomic E-state index is 0.0162. The summed E-state index contributed by atoms with van der Waals surface area (Å²) in [5, 5.41) is 17.8. The molecule has 0 radical (unpaired) electrons. The molecule has 8 heteroatoms. The van der Waals surface area contributed by atoms with Crippen molar-refractivity contribution in [2.24, 2.45) is 18.9 Å². The van der Waals surface area contributed by atoms with Gasteiger partial charge in [0.1, 0.15) is 5.82 Å². The third-order valence-electron chi connectivity index (χ3n) is 7.49. The highest BCUT2D eigenvalue weighted by Gasteiger charge is 2.26. The molecule has 0 unspecified atom stereocenters. The largest absolute Gasteiger partial charge is 0.396 e. The molecular formula is C26H34N6O2. The van der Waals surface area contributed by atoms with E-state index in [1.807, 2.05) is 30.2 Å². The fraction of sp³-hybridized carbons (Fsp3) is 0.538. The lowest BCUT2D eigenvalue weighted by Crippen LogP contribution is -2.30. The zero-order valence-corrected chi connectivity index (χ0v) is 19.9. The van der Waals surface area contributed by atoms with Crippen LogP contribution in [0.3, 0.4) is 0 Å². The molecule has 2 fully saturated rings. The van der Waals surface area contributed by atoms with Crippen LogP contribution in [0.15, 0.2) is 30.7 Å². The molecule has 2 N–H and O–H groups in total. The Labute approximate surface area is 200 Å². The lowest BCUT2D eigenvalue weighted by atomic mass is 9.82. The first kappa shape index (κ1) is 22.9. The zero-order valence-electron chi connectivity index (χ0n) is 19.9. The molecule has 0 bridgehead atoms. The number of pyridine rings is 2. The number of nitrogens with one attached hydrogen (secondary N) is 1. The van der Waals surface area contributed by atoms with Gasteiger partial charge in [-0.3, -0.25) is 19.4 Å². The summed E-state index contributed by atoms with van der Waals surface area (Å²) >= 11 is 0. The molecular weight excluding hydrogens is 428 g/mol. The van der Waals surface area contributed by atoms with E-state index in [0.29, 0.717) is 11.7 Å². The fourth-order valence-electron chi connectivity index (χ4n) is 5.30. The van der Waals surface area contributed by atoms with Crippen molar-refractivity contribution >= 4 is 22.6 Å². The highest BCUT2D eigenvalue weighted by Crippen LogP contribution is 2.30. The number of rotatable bonds is 6. The topological polar surface area (TPSA) is 96.2 Å². The van der Waals surface area contributed by atoms with Gasteiger partial charge in [-0.25, -0.2) is 4.98 Å². The Kier molecular flexibility index (Phi) is 6.87. The van der Waals surface area contributed by atoms with Crippen LogP contribution in [0, 0.1) is 11.8 Å². The molecule has 1 aliphatic heterocycles. The molecule has 1 amide bonds. The van der Waals surface area contributed by atoms with Gasteiger partial charge in [-0.15, -0.1) is 0 Å². The third kappa shape index (κ3) is 4.98. The number of fused-ring (bicyclic) bond motifs is 1.